The van der Waals surface area contributed by atoms with Crippen molar-refractivity contribution in [3.63, 3.8) is 0 Å². The third-order valence-corrected chi connectivity index (χ3v) is 4.24. The highest BCUT2D eigenvalue weighted by Crippen LogP contribution is 2.26. The number of benzene rings is 1. The third-order valence-electron chi connectivity index (χ3n) is 2.46. The normalized spacial score (nSPS) is 13.0. The van der Waals surface area contributed by atoms with Crippen LogP contribution < -0.4 is 5.32 Å². The molecule has 21 heavy (non-hydrogen) atoms. The minimum atomic E-state index is -4.29. The van der Waals surface area contributed by atoms with Crippen LogP contribution in [0.15, 0.2) is 21.5 Å². The van der Waals surface area contributed by atoms with Crippen LogP contribution in [0.1, 0.15) is 24.2 Å². The van der Waals surface area contributed by atoms with E-state index in [0.29, 0.717) is 6.61 Å². The number of rotatable bonds is 6. The first-order valence-corrected chi connectivity index (χ1v) is 9.09. The fourth-order valence-electron chi connectivity index (χ4n) is 1.54. The molecule has 1 amide bonds. The number of ether oxygens (including phenoxy) is 1. The summed E-state index contributed by atoms with van der Waals surface area (Å²) in [4.78, 5) is 11.3. The van der Waals surface area contributed by atoms with Gasteiger partial charge in [0, 0.05) is 27.8 Å². The summed E-state index contributed by atoms with van der Waals surface area (Å²) < 4.78 is 42.1. The molecule has 118 valence electrons. The van der Waals surface area contributed by atoms with E-state index in [4.69, 9.17) is 15.4 Å². The van der Waals surface area contributed by atoms with E-state index >= 15 is 0 Å². The Morgan fingerprint density at radius 2 is 2.14 bits per heavy atom. The molecule has 9 heteroatoms. The standard InChI is InChI=1S/C12H14BrClFNO4S/c1-3-20-6-7(2)16-12(17)9-4-8(13)5-10(11(9)15)21(14,18)19/h4-5,7H,3,6H2,1-2H3,(H,16,17). The van der Waals surface area contributed by atoms with Crippen molar-refractivity contribution < 1.29 is 22.3 Å². The third kappa shape index (κ3) is 5.21. The summed E-state index contributed by atoms with van der Waals surface area (Å²) in [6, 6.07) is 1.83. The lowest BCUT2D eigenvalue weighted by atomic mass is 10.2. The van der Waals surface area contributed by atoms with Crippen LogP contribution in [-0.4, -0.2) is 33.6 Å². The van der Waals surface area contributed by atoms with Crippen molar-refractivity contribution in [2.45, 2.75) is 24.8 Å². The van der Waals surface area contributed by atoms with E-state index in [-0.39, 0.29) is 17.1 Å². The SMILES string of the molecule is CCOCC(C)NC(=O)c1cc(Br)cc(S(=O)(=O)Cl)c1F. The van der Waals surface area contributed by atoms with Crippen LogP contribution in [-0.2, 0) is 13.8 Å². The Morgan fingerprint density at radius 1 is 1.52 bits per heavy atom. The van der Waals surface area contributed by atoms with E-state index < -0.39 is 31.2 Å². The molecule has 0 spiro atoms. The van der Waals surface area contributed by atoms with Crippen LogP contribution in [0, 0.1) is 5.82 Å². The van der Waals surface area contributed by atoms with Gasteiger partial charge in [0.2, 0.25) is 0 Å². The molecular formula is C12H14BrClFNO4S. The van der Waals surface area contributed by atoms with E-state index in [1.54, 1.807) is 13.8 Å². The summed E-state index contributed by atoms with van der Waals surface area (Å²) in [5.74, 6) is -1.93. The molecule has 1 unspecified atom stereocenters. The fraction of sp³-hybridized carbons (Fsp3) is 0.417. The second-order valence-corrected chi connectivity index (χ2v) is 7.69. The molecule has 0 saturated carbocycles. The minimum absolute atomic E-state index is 0.228. The molecule has 1 aromatic rings. The van der Waals surface area contributed by atoms with Gasteiger partial charge < -0.3 is 10.1 Å². The Morgan fingerprint density at radius 3 is 2.67 bits per heavy atom. The monoisotopic (exact) mass is 401 g/mol. The molecule has 1 N–H and O–H groups in total. The highest BCUT2D eigenvalue weighted by molar-refractivity contribution is 9.10. The molecule has 0 radical (unpaired) electrons. The van der Waals surface area contributed by atoms with Crippen LogP contribution in [0.5, 0.6) is 0 Å². The second kappa shape index (κ2) is 7.53. The van der Waals surface area contributed by atoms with Crippen LogP contribution in [0.4, 0.5) is 4.39 Å². The van der Waals surface area contributed by atoms with Gasteiger partial charge in [-0.25, -0.2) is 12.8 Å². The average molecular weight is 403 g/mol. The number of hydrogen-bond acceptors (Lipinski definition) is 4. The topological polar surface area (TPSA) is 72.5 Å². The van der Waals surface area contributed by atoms with Crippen molar-refractivity contribution in [2.24, 2.45) is 0 Å². The molecule has 0 bridgehead atoms. The maximum atomic E-state index is 14.1. The Bertz CT molecular complexity index is 638. The molecule has 0 fully saturated rings. The highest BCUT2D eigenvalue weighted by Gasteiger charge is 2.24. The van der Waals surface area contributed by atoms with Crippen molar-refractivity contribution in [3.8, 4) is 0 Å². The highest BCUT2D eigenvalue weighted by atomic mass is 79.9. The second-order valence-electron chi connectivity index (χ2n) is 4.24. The number of amides is 1. The molecule has 0 aliphatic heterocycles. The smallest absolute Gasteiger partial charge is 0.264 e. The summed E-state index contributed by atoms with van der Waals surface area (Å²) in [5, 5.41) is 2.52. The van der Waals surface area contributed by atoms with Gasteiger partial charge in [-0.2, -0.15) is 0 Å². The van der Waals surface area contributed by atoms with Gasteiger partial charge in [-0.3, -0.25) is 4.79 Å². The maximum absolute atomic E-state index is 14.1. The predicted octanol–water partition coefficient (Wildman–Crippen LogP) is 2.67. The Labute approximate surface area is 135 Å². The van der Waals surface area contributed by atoms with Crippen molar-refractivity contribution in [1.29, 1.82) is 0 Å². The van der Waals surface area contributed by atoms with Crippen LogP contribution >= 0.6 is 26.6 Å². The Hall–Kier alpha value is -0.700. The molecule has 0 aliphatic rings. The summed E-state index contributed by atoms with van der Waals surface area (Å²) >= 11 is 3.02. The van der Waals surface area contributed by atoms with Gasteiger partial charge in [0.15, 0.2) is 5.82 Å². The number of hydrogen-bond donors (Lipinski definition) is 1. The Balaban J connectivity index is 3.08. The number of nitrogens with one attached hydrogen (secondary N) is 1. The molecule has 0 saturated heterocycles. The molecule has 0 heterocycles. The van der Waals surface area contributed by atoms with Gasteiger partial charge in [-0.1, -0.05) is 15.9 Å². The largest absolute Gasteiger partial charge is 0.380 e. The summed E-state index contributed by atoms with van der Waals surface area (Å²) in [6.45, 7) is 4.24. The molecule has 1 rings (SSSR count). The van der Waals surface area contributed by atoms with Gasteiger partial charge in [0.1, 0.15) is 4.90 Å². The molecule has 5 nitrogen and oxygen atoms in total. The van der Waals surface area contributed by atoms with E-state index in [0.717, 1.165) is 6.07 Å². The summed E-state index contributed by atoms with van der Waals surface area (Å²) in [7, 11) is 0.854. The van der Waals surface area contributed by atoms with Crippen molar-refractivity contribution in [3.05, 3.63) is 28.0 Å². The lowest BCUT2D eigenvalue weighted by molar-refractivity contribution is 0.0867. The van der Waals surface area contributed by atoms with Gasteiger partial charge in [-0.15, -0.1) is 0 Å². The molecule has 0 aliphatic carbocycles. The van der Waals surface area contributed by atoms with Crippen molar-refractivity contribution in [1.82, 2.24) is 5.32 Å². The number of carbonyl (C=O) groups excluding carboxylic acids is 1. The molecular weight excluding hydrogens is 389 g/mol. The predicted molar refractivity (Wildman–Crippen MR) is 80.6 cm³/mol. The minimum Gasteiger partial charge on any atom is -0.380 e. The van der Waals surface area contributed by atoms with Crippen molar-refractivity contribution in [2.75, 3.05) is 13.2 Å². The Kier molecular flexibility index (Phi) is 6.58. The number of carbonyl (C=O) groups is 1. The lowest BCUT2D eigenvalue weighted by Crippen LogP contribution is -2.36. The van der Waals surface area contributed by atoms with E-state index in [2.05, 4.69) is 21.2 Å². The van der Waals surface area contributed by atoms with Crippen molar-refractivity contribution >= 4 is 41.6 Å². The molecule has 0 aromatic heterocycles. The van der Waals surface area contributed by atoms with Gasteiger partial charge in [0.05, 0.1) is 12.2 Å². The first-order chi connectivity index (χ1) is 9.66. The zero-order valence-electron chi connectivity index (χ0n) is 11.3. The average Bonchev–Trinajstić information content (AvgIpc) is 2.37. The summed E-state index contributed by atoms with van der Waals surface area (Å²) in [6.07, 6.45) is 0. The van der Waals surface area contributed by atoms with Gasteiger partial charge in [0.25, 0.3) is 15.0 Å². The quantitative estimate of drug-likeness (QED) is 0.743. The van der Waals surface area contributed by atoms with Crippen LogP contribution in [0.3, 0.4) is 0 Å². The van der Waals surface area contributed by atoms with Crippen LogP contribution in [0.2, 0.25) is 0 Å². The van der Waals surface area contributed by atoms with Gasteiger partial charge in [-0.05, 0) is 26.0 Å². The molecule has 1 aromatic carbocycles. The lowest BCUT2D eigenvalue weighted by Gasteiger charge is -2.14. The van der Waals surface area contributed by atoms with E-state index in [1.165, 1.54) is 6.07 Å². The summed E-state index contributed by atoms with van der Waals surface area (Å²) in [5.41, 5.74) is -0.410. The first-order valence-electron chi connectivity index (χ1n) is 5.99. The molecule has 1 atom stereocenters. The maximum Gasteiger partial charge on any atom is 0.264 e. The zero-order chi connectivity index (χ0) is 16.2. The van der Waals surface area contributed by atoms with Crippen LogP contribution in [0.25, 0.3) is 0 Å². The number of halogens is 3. The van der Waals surface area contributed by atoms with Gasteiger partial charge >= 0.3 is 0 Å². The van der Waals surface area contributed by atoms with E-state index in [9.17, 15) is 17.6 Å². The zero-order valence-corrected chi connectivity index (χ0v) is 14.5. The first kappa shape index (κ1) is 18.3. The fourth-order valence-corrected chi connectivity index (χ4v) is 3.08. The van der Waals surface area contributed by atoms with E-state index in [1.807, 2.05) is 0 Å².